The maximum atomic E-state index is 13.5. The van der Waals surface area contributed by atoms with Gasteiger partial charge in [0.15, 0.2) is 0 Å². The number of hydrogen-bond donors (Lipinski definition) is 0. The van der Waals surface area contributed by atoms with Crippen LogP contribution in [0.1, 0.15) is 36.2 Å². The highest BCUT2D eigenvalue weighted by Crippen LogP contribution is 2.33. The van der Waals surface area contributed by atoms with Crippen molar-refractivity contribution in [3.63, 3.8) is 0 Å². The monoisotopic (exact) mass is 417 g/mol. The molecule has 0 saturated heterocycles. The third-order valence-electron chi connectivity index (χ3n) is 6.01. The van der Waals surface area contributed by atoms with Crippen molar-refractivity contribution in [3.8, 4) is 0 Å². The molecular weight excluding hydrogens is 394 g/mol. The van der Waals surface area contributed by atoms with Crippen molar-refractivity contribution in [2.45, 2.75) is 39.3 Å². The molecule has 152 valence electrons. The van der Waals surface area contributed by atoms with Gasteiger partial charge in [0, 0.05) is 23.2 Å². The Kier molecular flexibility index (Phi) is 4.66. The molecule has 1 atom stereocenters. The molecule has 0 unspecified atom stereocenters. The second-order valence-corrected chi connectivity index (χ2v) is 8.89. The minimum atomic E-state index is -0.593. The summed E-state index contributed by atoms with van der Waals surface area (Å²) in [6, 6.07) is 15.6. The van der Waals surface area contributed by atoms with Crippen molar-refractivity contribution >= 4 is 37.4 Å². The molecule has 0 fully saturated rings. The summed E-state index contributed by atoms with van der Waals surface area (Å²) in [4.78, 5) is 28.8. The fourth-order valence-electron chi connectivity index (χ4n) is 4.44. The number of aromatic nitrogens is 2. The number of carbonyl (C=O) groups excluding carboxylic acids is 1. The van der Waals surface area contributed by atoms with Crippen molar-refractivity contribution in [3.05, 3.63) is 75.7 Å². The number of nitrogens with zero attached hydrogens (tertiary/aromatic N) is 3. The average Bonchev–Trinajstić information content (AvgIpc) is 3.17. The maximum absolute atomic E-state index is 13.5. The fraction of sp³-hybridized carbons (Fsp3) is 0.292. The Hall–Kier alpha value is -2.99. The van der Waals surface area contributed by atoms with Gasteiger partial charge in [-0.25, -0.2) is 4.68 Å². The molecule has 0 bridgehead atoms. The molecule has 0 N–H and O–H groups in total. The van der Waals surface area contributed by atoms with Crippen LogP contribution in [-0.2, 0) is 17.8 Å². The van der Waals surface area contributed by atoms with Gasteiger partial charge in [-0.1, -0.05) is 49.4 Å². The van der Waals surface area contributed by atoms with Gasteiger partial charge in [0.05, 0.1) is 15.8 Å². The van der Waals surface area contributed by atoms with E-state index in [-0.39, 0.29) is 11.5 Å². The molecule has 5 nitrogen and oxygen atoms in total. The van der Waals surface area contributed by atoms with Crippen LogP contribution in [0.15, 0.2) is 53.3 Å². The van der Waals surface area contributed by atoms with E-state index in [1.54, 1.807) is 11.3 Å². The Bertz CT molecular complexity index is 1340. The number of amides is 1. The molecule has 30 heavy (non-hydrogen) atoms. The van der Waals surface area contributed by atoms with E-state index < -0.39 is 6.04 Å². The number of carbonyl (C=O) groups is 1. The molecule has 6 heteroatoms. The predicted octanol–water partition coefficient (Wildman–Crippen LogP) is 4.46. The fourth-order valence-corrected chi connectivity index (χ4v) is 5.57. The van der Waals surface area contributed by atoms with Gasteiger partial charge < -0.3 is 4.90 Å². The number of hydrogen-bond acceptors (Lipinski definition) is 4. The molecule has 2 aromatic heterocycles. The quantitative estimate of drug-likeness (QED) is 0.495. The summed E-state index contributed by atoms with van der Waals surface area (Å²) in [7, 11) is 0. The van der Waals surface area contributed by atoms with Crippen LogP contribution >= 0.6 is 11.3 Å². The lowest BCUT2D eigenvalue weighted by atomic mass is 9.99. The molecule has 1 aliphatic heterocycles. The van der Waals surface area contributed by atoms with Crippen LogP contribution in [0.3, 0.4) is 0 Å². The highest BCUT2D eigenvalue weighted by molar-refractivity contribution is 7.26. The standard InChI is InChI=1S/C24H23N3O2S/c1-3-19(23(28)26-13-12-16-8-4-5-9-17(16)14-26)27-24(29)21-18-10-6-7-11-20(18)30-22(21)15(2)25-27/h4-11,19H,3,12-14H2,1-2H3/t19-/m1/s1. The number of benzene rings is 2. The summed E-state index contributed by atoms with van der Waals surface area (Å²) in [5, 5.41) is 6.21. The Morgan fingerprint density at radius 2 is 1.87 bits per heavy atom. The van der Waals surface area contributed by atoms with E-state index in [1.165, 1.54) is 15.8 Å². The van der Waals surface area contributed by atoms with Gasteiger partial charge in [-0.05, 0) is 37.0 Å². The molecule has 3 heterocycles. The molecule has 1 amide bonds. The summed E-state index contributed by atoms with van der Waals surface area (Å²) in [5.41, 5.74) is 3.10. The number of aryl methyl sites for hydroxylation is 1. The van der Waals surface area contributed by atoms with E-state index >= 15 is 0 Å². The van der Waals surface area contributed by atoms with E-state index in [0.29, 0.717) is 24.9 Å². The molecule has 0 radical (unpaired) electrons. The smallest absolute Gasteiger partial charge is 0.276 e. The summed E-state index contributed by atoms with van der Waals surface area (Å²) in [6.45, 7) is 5.12. The normalized spacial score (nSPS) is 14.8. The highest BCUT2D eigenvalue weighted by atomic mass is 32.1. The van der Waals surface area contributed by atoms with Crippen LogP contribution in [0.5, 0.6) is 0 Å². The first-order chi connectivity index (χ1) is 14.6. The van der Waals surface area contributed by atoms with E-state index in [9.17, 15) is 9.59 Å². The van der Waals surface area contributed by atoms with Gasteiger partial charge in [-0.3, -0.25) is 9.59 Å². The van der Waals surface area contributed by atoms with Gasteiger partial charge in [-0.2, -0.15) is 5.10 Å². The Morgan fingerprint density at radius 3 is 2.67 bits per heavy atom. The zero-order chi connectivity index (χ0) is 20.8. The predicted molar refractivity (Wildman–Crippen MR) is 121 cm³/mol. The minimum absolute atomic E-state index is 0.0279. The van der Waals surface area contributed by atoms with Gasteiger partial charge in [0.1, 0.15) is 6.04 Å². The molecule has 0 aliphatic carbocycles. The van der Waals surface area contributed by atoms with E-state index in [1.807, 2.05) is 55.1 Å². The van der Waals surface area contributed by atoms with Crippen molar-refractivity contribution in [1.29, 1.82) is 0 Å². The maximum Gasteiger partial charge on any atom is 0.276 e. The van der Waals surface area contributed by atoms with Crippen molar-refractivity contribution < 1.29 is 4.79 Å². The van der Waals surface area contributed by atoms with E-state index in [0.717, 1.165) is 26.9 Å². The first kappa shape index (κ1) is 19.0. The summed E-state index contributed by atoms with van der Waals surface area (Å²) < 4.78 is 3.41. The van der Waals surface area contributed by atoms with E-state index in [4.69, 9.17) is 0 Å². The molecule has 1 aliphatic rings. The molecule has 0 saturated carbocycles. The van der Waals surface area contributed by atoms with E-state index in [2.05, 4.69) is 17.2 Å². The van der Waals surface area contributed by atoms with Crippen LogP contribution in [0.4, 0.5) is 0 Å². The van der Waals surface area contributed by atoms with Gasteiger partial charge in [0.25, 0.3) is 5.56 Å². The summed E-state index contributed by atoms with van der Waals surface area (Å²) in [5.74, 6) is -0.0279. The largest absolute Gasteiger partial charge is 0.336 e. The topological polar surface area (TPSA) is 55.2 Å². The molecule has 5 rings (SSSR count). The minimum Gasteiger partial charge on any atom is -0.336 e. The van der Waals surface area contributed by atoms with Crippen LogP contribution in [0.25, 0.3) is 20.2 Å². The van der Waals surface area contributed by atoms with Crippen LogP contribution in [0.2, 0.25) is 0 Å². The van der Waals surface area contributed by atoms with Gasteiger partial charge in [0.2, 0.25) is 5.91 Å². The lowest BCUT2D eigenvalue weighted by Crippen LogP contribution is -2.43. The molecule has 4 aromatic rings. The summed E-state index contributed by atoms with van der Waals surface area (Å²) in [6.07, 6.45) is 1.37. The summed E-state index contributed by atoms with van der Waals surface area (Å²) >= 11 is 1.59. The SMILES string of the molecule is CC[C@H](C(=O)N1CCc2ccccc2C1)n1nc(C)c2sc3ccccc3c2c1=O. The van der Waals surface area contributed by atoms with Crippen molar-refractivity contribution in [2.75, 3.05) is 6.54 Å². The van der Waals surface area contributed by atoms with Gasteiger partial charge in [-0.15, -0.1) is 11.3 Å². The molecule has 2 aromatic carbocycles. The lowest BCUT2D eigenvalue weighted by Gasteiger charge is -2.31. The Balaban J connectivity index is 1.58. The highest BCUT2D eigenvalue weighted by Gasteiger charge is 2.30. The molecule has 0 spiro atoms. The van der Waals surface area contributed by atoms with Crippen molar-refractivity contribution in [1.82, 2.24) is 14.7 Å². The zero-order valence-corrected chi connectivity index (χ0v) is 17.9. The number of thiophene rings is 1. The lowest BCUT2D eigenvalue weighted by molar-refractivity contribution is -0.136. The van der Waals surface area contributed by atoms with Crippen LogP contribution in [0, 0.1) is 6.92 Å². The third-order valence-corrected chi connectivity index (χ3v) is 7.29. The second kappa shape index (κ2) is 7.36. The number of fused-ring (bicyclic) bond motifs is 4. The number of rotatable bonds is 3. The first-order valence-corrected chi connectivity index (χ1v) is 11.2. The third kappa shape index (κ3) is 2.94. The second-order valence-electron chi connectivity index (χ2n) is 7.84. The van der Waals surface area contributed by atoms with Crippen molar-refractivity contribution in [2.24, 2.45) is 0 Å². The molecular formula is C24H23N3O2S. The Labute approximate surface area is 178 Å². The average molecular weight is 418 g/mol. The van der Waals surface area contributed by atoms with Crippen LogP contribution < -0.4 is 5.56 Å². The van der Waals surface area contributed by atoms with Crippen LogP contribution in [-0.4, -0.2) is 27.1 Å². The first-order valence-electron chi connectivity index (χ1n) is 10.3. The zero-order valence-electron chi connectivity index (χ0n) is 17.1. The van der Waals surface area contributed by atoms with Gasteiger partial charge >= 0.3 is 0 Å². The Morgan fingerprint density at radius 1 is 1.13 bits per heavy atom.